The number of nitrogens with zero attached hydrogens (tertiary/aromatic N) is 5. The number of anilines is 1. The molecule has 34 heavy (non-hydrogen) atoms. The van der Waals surface area contributed by atoms with Gasteiger partial charge in [-0.15, -0.1) is 0 Å². The molecule has 0 spiro atoms. The van der Waals surface area contributed by atoms with Crippen molar-refractivity contribution in [1.82, 2.24) is 19.2 Å². The van der Waals surface area contributed by atoms with E-state index in [1.54, 1.807) is 0 Å². The minimum atomic E-state index is 0.124. The third kappa shape index (κ3) is 5.77. The molecule has 1 aromatic heterocycles. The Kier molecular flexibility index (Phi) is 7.42. The number of hydrogen-bond donors (Lipinski definition) is 0. The van der Waals surface area contributed by atoms with Gasteiger partial charge < -0.3 is 9.80 Å². The molecule has 2 aliphatic heterocycles. The predicted molar refractivity (Wildman–Crippen MR) is 137 cm³/mol. The van der Waals surface area contributed by atoms with Gasteiger partial charge in [0, 0.05) is 74.7 Å². The van der Waals surface area contributed by atoms with Gasteiger partial charge in [0.1, 0.15) is 5.82 Å². The van der Waals surface area contributed by atoms with Crippen LogP contribution in [-0.2, 0) is 17.8 Å². The Hall–Kier alpha value is -2.48. The van der Waals surface area contributed by atoms with E-state index in [9.17, 15) is 4.79 Å². The summed E-state index contributed by atoms with van der Waals surface area (Å²) in [5, 5.41) is 1.70. The van der Waals surface area contributed by atoms with Crippen molar-refractivity contribution in [3.63, 3.8) is 0 Å². The molecular formula is C26H30ClN5OS. The standard InChI is InChI=1S/C26H30ClN5OS/c27-23-8-6-20(7-9-23)18-24-28-26(34-29-24)32-12-10-22(11-13-32)25(33)31-16-14-30(15-17-31)19-21-4-2-1-3-5-21/h1-9,22H,10-19H2. The zero-order valence-corrected chi connectivity index (χ0v) is 20.8. The van der Waals surface area contributed by atoms with Crippen LogP contribution in [0, 0.1) is 5.92 Å². The third-order valence-electron chi connectivity index (χ3n) is 6.78. The Bertz CT molecular complexity index is 1070. The van der Waals surface area contributed by atoms with Crippen LogP contribution in [-0.4, -0.2) is 64.3 Å². The van der Waals surface area contributed by atoms with Gasteiger partial charge in [0.05, 0.1) is 0 Å². The number of rotatable bonds is 6. The minimum Gasteiger partial charge on any atom is -0.347 e. The maximum Gasteiger partial charge on any atom is 0.225 e. The monoisotopic (exact) mass is 495 g/mol. The number of piperidine rings is 1. The van der Waals surface area contributed by atoms with Crippen molar-refractivity contribution in [1.29, 1.82) is 0 Å². The molecule has 3 heterocycles. The maximum atomic E-state index is 13.1. The average molecular weight is 496 g/mol. The predicted octanol–water partition coefficient (Wildman–Crippen LogP) is 4.34. The van der Waals surface area contributed by atoms with Gasteiger partial charge in [-0.3, -0.25) is 9.69 Å². The Morgan fingerprint density at radius 1 is 0.912 bits per heavy atom. The van der Waals surface area contributed by atoms with Crippen LogP contribution in [0.4, 0.5) is 5.13 Å². The highest BCUT2D eigenvalue weighted by Gasteiger charge is 2.31. The summed E-state index contributed by atoms with van der Waals surface area (Å²) >= 11 is 7.43. The van der Waals surface area contributed by atoms with Crippen LogP contribution >= 0.6 is 23.1 Å². The molecule has 0 atom stereocenters. The first kappa shape index (κ1) is 23.3. The van der Waals surface area contributed by atoms with Crippen LogP contribution in [0.1, 0.15) is 29.8 Å². The second kappa shape index (κ2) is 10.8. The third-order valence-corrected chi connectivity index (χ3v) is 7.85. The number of amides is 1. The number of carbonyl (C=O) groups is 1. The number of piperazine rings is 1. The first-order chi connectivity index (χ1) is 16.6. The Morgan fingerprint density at radius 2 is 1.62 bits per heavy atom. The molecular weight excluding hydrogens is 466 g/mol. The normalized spacial score (nSPS) is 17.8. The summed E-state index contributed by atoms with van der Waals surface area (Å²) in [6.07, 6.45) is 2.48. The molecule has 178 valence electrons. The first-order valence-electron chi connectivity index (χ1n) is 12.0. The van der Waals surface area contributed by atoms with Crippen molar-refractivity contribution in [2.75, 3.05) is 44.2 Å². The largest absolute Gasteiger partial charge is 0.347 e. The zero-order chi connectivity index (χ0) is 23.3. The molecule has 0 unspecified atom stereocenters. The highest BCUT2D eigenvalue weighted by atomic mass is 35.5. The number of halogens is 1. The molecule has 0 N–H and O–H groups in total. The Labute approximate surface area is 210 Å². The lowest BCUT2D eigenvalue weighted by molar-refractivity contribution is -0.138. The molecule has 2 saturated heterocycles. The van der Waals surface area contributed by atoms with E-state index < -0.39 is 0 Å². The molecule has 6 nitrogen and oxygen atoms in total. The Morgan fingerprint density at radius 3 is 2.32 bits per heavy atom. The van der Waals surface area contributed by atoms with Crippen LogP contribution in [0.15, 0.2) is 54.6 Å². The fraction of sp³-hybridized carbons (Fsp3) is 0.423. The van der Waals surface area contributed by atoms with E-state index in [4.69, 9.17) is 16.6 Å². The van der Waals surface area contributed by atoms with Crippen molar-refractivity contribution < 1.29 is 4.79 Å². The van der Waals surface area contributed by atoms with Crippen LogP contribution < -0.4 is 4.90 Å². The van der Waals surface area contributed by atoms with E-state index in [0.29, 0.717) is 12.3 Å². The van der Waals surface area contributed by atoms with Crippen molar-refractivity contribution in [2.24, 2.45) is 5.92 Å². The lowest BCUT2D eigenvalue weighted by Crippen LogP contribution is -2.51. The Balaban J connectivity index is 1.08. The minimum absolute atomic E-state index is 0.124. The highest BCUT2D eigenvalue weighted by Crippen LogP contribution is 2.27. The number of hydrogen-bond acceptors (Lipinski definition) is 6. The highest BCUT2D eigenvalue weighted by molar-refractivity contribution is 7.09. The number of aromatic nitrogens is 2. The summed E-state index contributed by atoms with van der Waals surface area (Å²) in [5.74, 6) is 1.30. The smallest absolute Gasteiger partial charge is 0.225 e. The molecule has 5 rings (SSSR count). The lowest BCUT2D eigenvalue weighted by atomic mass is 9.95. The van der Waals surface area contributed by atoms with Crippen LogP contribution in [0.25, 0.3) is 0 Å². The van der Waals surface area contributed by atoms with Gasteiger partial charge in [-0.25, -0.2) is 4.98 Å². The van der Waals surface area contributed by atoms with E-state index >= 15 is 0 Å². The molecule has 0 saturated carbocycles. The molecule has 3 aromatic rings. The van der Waals surface area contributed by atoms with Crippen LogP contribution in [0.5, 0.6) is 0 Å². The fourth-order valence-electron chi connectivity index (χ4n) is 4.77. The quantitative estimate of drug-likeness (QED) is 0.509. The summed E-state index contributed by atoms with van der Waals surface area (Å²) in [6.45, 7) is 6.23. The van der Waals surface area contributed by atoms with Gasteiger partial charge in [-0.05, 0) is 36.1 Å². The topological polar surface area (TPSA) is 52.6 Å². The van der Waals surface area contributed by atoms with Gasteiger partial charge in [0.2, 0.25) is 11.0 Å². The van der Waals surface area contributed by atoms with Crippen molar-refractivity contribution in [2.45, 2.75) is 25.8 Å². The molecule has 0 aliphatic carbocycles. The molecule has 2 fully saturated rings. The van der Waals surface area contributed by atoms with Gasteiger partial charge in [-0.2, -0.15) is 4.37 Å². The average Bonchev–Trinajstić information content (AvgIpc) is 3.35. The van der Waals surface area contributed by atoms with Crippen LogP contribution in [0.3, 0.4) is 0 Å². The second-order valence-electron chi connectivity index (χ2n) is 9.14. The van der Waals surface area contributed by atoms with Crippen molar-refractivity contribution in [3.05, 3.63) is 76.6 Å². The van der Waals surface area contributed by atoms with Crippen molar-refractivity contribution >= 4 is 34.2 Å². The first-order valence-corrected chi connectivity index (χ1v) is 13.2. The van der Waals surface area contributed by atoms with E-state index in [0.717, 1.165) is 80.2 Å². The van der Waals surface area contributed by atoms with Gasteiger partial charge in [0.25, 0.3) is 0 Å². The van der Waals surface area contributed by atoms with Gasteiger partial charge >= 0.3 is 0 Å². The zero-order valence-electron chi connectivity index (χ0n) is 19.3. The van der Waals surface area contributed by atoms with E-state index in [-0.39, 0.29) is 5.92 Å². The lowest BCUT2D eigenvalue weighted by Gasteiger charge is -2.38. The molecule has 8 heteroatoms. The molecule has 0 bridgehead atoms. The summed E-state index contributed by atoms with van der Waals surface area (Å²) in [4.78, 5) is 24.7. The summed E-state index contributed by atoms with van der Waals surface area (Å²) in [6, 6.07) is 18.4. The SMILES string of the molecule is O=C(C1CCN(c2nc(Cc3ccc(Cl)cc3)ns2)CC1)N1CCN(Cc2ccccc2)CC1. The summed E-state index contributed by atoms with van der Waals surface area (Å²) in [7, 11) is 0. The van der Waals surface area contributed by atoms with E-state index in [1.807, 2.05) is 24.3 Å². The molecule has 1 amide bonds. The van der Waals surface area contributed by atoms with Crippen molar-refractivity contribution in [3.8, 4) is 0 Å². The number of carbonyl (C=O) groups excluding carboxylic acids is 1. The van der Waals surface area contributed by atoms with E-state index in [1.165, 1.54) is 17.1 Å². The maximum absolute atomic E-state index is 13.1. The van der Waals surface area contributed by atoms with Gasteiger partial charge in [-0.1, -0.05) is 54.1 Å². The molecule has 2 aliphatic rings. The van der Waals surface area contributed by atoms with Gasteiger partial charge in [0.15, 0.2) is 0 Å². The van der Waals surface area contributed by atoms with E-state index in [2.05, 4.69) is 49.4 Å². The fourth-order valence-corrected chi connectivity index (χ4v) is 5.64. The second-order valence-corrected chi connectivity index (χ2v) is 10.3. The molecule has 2 aromatic carbocycles. The molecule has 0 radical (unpaired) electrons. The number of benzene rings is 2. The van der Waals surface area contributed by atoms with Crippen LogP contribution in [0.2, 0.25) is 5.02 Å². The summed E-state index contributed by atoms with van der Waals surface area (Å²) in [5.41, 5.74) is 2.49. The summed E-state index contributed by atoms with van der Waals surface area (Å²) < 4.78 is 4.55.